The highest BCUT2D eigenvalue weighted by atomic mass is 79.9. The molecule has 0 atom stereocenters. The van der Waals surface area contributed by atoms with Gasteiger partial charge in [-0.3, -0.25) is 4.79 Å². The van der Waals surface area contributed by atoms with Gasteiger partial charge in [-0.2, -0.15) is 5.10 Å². The lowest BCUT2D eigenvalue weighted by molar-refractivity contribution is -0.123. The van der Waals surface area contributed by atoms with Crippen LogP contribution in [0.5, 0.6) is 11.5 Å². The van der Waals surface area contributed by atoms with Crippen molar-refractivity contribution >= 4 is 51.3 Å². The summed E-state index contributed by atoms with van der Waals surface area (Å²) in [4.78, 5) is 11.7. The number of rotatable bonds is 6. The van der Waals surface area contributed by atoms with E-state index in [9.17, 15) is 4.79 Å². The van der Waals surface area contributed by atoms with E-state index >= 15 is 0 Å². The Morgan fingerprint density at radius 1 is 1.25 bits per heavy atom. The highest BCUT2D eigenvalue weighted by Crippen LogP contribution is 2.27. The van der Waals surface area contributed by atoms with Gasteiger partial charge < -0.3 is 9.47 Å². The molecule has 0 aromatic heterocycles. The van der Waals surface area contributed by atoms with Crippen LogP contribution >= 0.6 is 39.1 Å². The van der Waals surface area contributed by atoms with Crippen molar-refractivity contribution in [3.8, 4) is 11.5 Å². The van der Waals surface area contributed by atoms with E-state index in [1.165, 1.54) is 13.3 Å². The SMILES string of the molecule is COc1cc(C=NNC(=O)COc2ccc(Cl)cc2Br)ccc1Cl. The Hall–Kier alpha value is -1.76. The molecule has 126 valence electrons. The van der Waals surface area contributed by atoms with Gasteiger partial charge in [0.05, 0.1) is 22.8 Å². The highest BCUT2D eigenvalue weighted by molar-refractivity contribution is 9.10. The molecule has 1 amide bonds. The maximum atomic E-state index is 11.7. The lowest BCUT2D eigenvalue weighted by Gasteiger charge is -2.07. The molecule has 0 saturated carbocycles. The fraction of sp³-hybridized carbons (Fsp3) is 0.125. The minimum Gasteiger partial charge on any atom is -0.495 e. The number of hydrogen-bond acceptors (Lipinski definition) is 4. The number of hydrogen-bond donors (Lipinski definition) is 1. The first-order valence-electron chi connectivity index (χ1n) is 6.73. The van der Waals surface area contributed by atoms with Crippen molar-refractivity contribution in [3.63, 3.8) is 0 Å². The van der Waals surface area contributed by atoms with Crippen molar-refractivity contribution in [1.29, 1.82) is 0 Å². The van der Waals surface area contributed by atoms with Crippen LogP contribution in [0.3, 0.4) is 0 Å². The number of benzene rings is 2. The average molecular weight is 432 g/mol. The molecule has 0 aliphatic heterocycles. The minimum atomic E-state index is -0.394. The molecule has 2 aromatic rings. The lowest BCUT2D eigenvalue weighted by Crippen LogP contribution is -2.24. The minimum absolute atomic E-state index is 0.179. The molecule has 2 rings (SSSR count). The molecule has 24 heavy (non-hydrogen) atoms. The number of nitrogens with one attached hydrogen (secondary N) is 1. The Morgan fingerprint density at radius 2 is 2.04 bits per heavy atom. The molecule has 0 aliphatic carbocycles. The van der Waals surface area contributed by atoms with Crippen LogP contribution in [-0.2, 0) is 4.79 Å². The van der Waals surface area contributed by atoms with Gasteiger partial charge in [-0.25, -0.2) is 5.43 Å². The van der Waals surface area contributed by atoms with Crippen LogP contribution in [0.15, 0.2) is 46.0 Å². The molecular formula is C16H13BrCl2N2O3. The lowest BCUT2D eigenvalue weighted by atomic mass is 10.2. The second kappa shape index (κ2) is 8.92. The Bertz CT molecular complexity index is 769. The highest BCUT2D eigenvalue weighted by Gasteiger charge is 2.05. The molecule has 8 heteroatoms. The molecule has 0 spiro atoms. The maximum Gasteiger partial charge on any atom is 0.277 e. The molecule has 0 saturated heterocycles. The van der Waals surface area contributed by atoms with E-state index in [0.29, 0.717) is 26.0 Å². The second-order valence-corrected chi connectivity index (χ2v) is 6.25. The topological polar surface area (TPSA) is 59.9 Å². The molecule has 0 unspecified atom stereocenters. The molecule has 0 heterocycles. The number of carbonyl (C=O) groups is 1. The fourth-order valence-corrected chi connectivity index (χ4v) is 2.70. The maximum absolute atomic E-state index is 11.7. The quantitative estimate of drug-likeness (QED) is 0.548. The van der Waals surface area contributed by atoms with E-state index in [1.54, 1.807) is 36.4 Å². The van der Waals surface area contributed by atoms with E-state index < -0.39 is 5.91 Å². The van der Waals surface area contributed by atoms with Crippen LogP contribution in [0, 0.1) is 0 Å². The molecule has 1 N–H and O–H groups in total. The molecule has 0 radical (unpaired) electrons. The number of carbonyl (C=O) groups excluding carboxylic acids is 1. The number of amides is 1. The number of methoxy groups -OCH3 is 1. The van der Waals surface area contributed by atoms with Crippen molar-refractivity contribution in [1.82, 2.24) is 5.43 Å². The van der Waals surface area contributed by atoms with Crippen LogP contribution in [0.4, 0.5) is 0 Å². The predicted octanol–water partition coefficient (Wildman–Crippen LogP) is 4.29. The van der Waals surface area contributed by atoms with Crippen molar-refractivity contribution in [2.45, 2.75) is 0 Å². The van der Waals surface area contributed by atoms with Crippen LogP contribution in [-0.4, -0.2) is 25.8 Å². The van der Waals surface area contributed by atoms with Crippen molar-refractivity contribution < 1.29 is 14.3 Å². The monoisotopic (exact) mass is 430 g/mol. The van der Waals surface area contributed by atoms with E-state index in [4.69, 9.17) is 32.7 Å². The first-order chi connectivity index (χ1) is 11.5. The van der Waals surface area contributed by atoms with Gasteiger partial charge in [-0.05, 0) is 51.8 Å². The van der Waals surface area contributed by atoms with Crippen molar-refractivity contribution in [2.24, 2.45) is 5.10 Å². The number of nitrogens with zero attached hydrogens (tertiary/aromatic N) is 1. The summed E-state index contributed by atoms with van der Waals surface area (Å²) in [5, 5.41) is 4.93. The van der Waals surface area contributed by atoms with Gasteiger partial charge in [-0.15, -0.1) is 0 Å². The van der Waals surface area contributed by atoms with Crippen LogP contribution in [0.25, 0.3) is 0 Å². The van der Waals surface area contributed by atoms with Gasteiger partial charge in [0.25, 0.3) is 5.91 Å². The molecule has 0 fully saturated rings. The zero-order valence-electron chi connectivity index (χ0n) is 12.6. The Morgan fingerprint density at radius 3 is 2.75 bits per heavy atom. The molecular weight excluding hydrogens is 419 g/mol. The number of halogens is 3. The zero-order valence-corrected chi connectivity index (χ0v) is 15.7. The Balaban J connectivity index is 1.86. The third-order valence-corrected chi connectivity index (χ3v) is 4.00. The van der Waals surface area contributed by atoms with Crippen molar-refractivity contribution in [2.75, 3.05) is 13.7 Å². The van der Waals surface area contributed by atoms with E-state index in [2.05, 4.69) is 26.5 Å². The Kier molecular flexibility index (Phi) is 6.90. The van der Waals surface area contributed by atoms with Crippen LogP contribution < -0.4 is 14.9 Å². The molecule has 0 aliphatic rings. The third kappa shape index (κ3) is 5.40. The first kappa shape index (κ1) is 18.6. The number of ether oxygens (including phenoxy) is 2. The third-order valence-electron chi connectivity index (χ3n) is 2.83. The van der Waals surface area contributed by atoms with E-state index in [0.717, 1.165) is 5.56 Å². The normalized spacial score (nSPS) is 10.7. The summed E-state index contributed by atoms with van der Waals surface area (Å²) in [6.45, 7) is -0.179. The van der Waals surface area contributed by atoms with E-state index in [-0.39, 0.29) is 6.61 Å². The van der Waals surface area contributed by atoms with E-state index in [1.807, 2.05) is 0 Å². The zero-order chi connectivity index (χ0) is 17.5. The first-order valence-corrected chi connectivity index (χ1v) is 8.28. The van der Waals surface area contributed by atoms with Gasteiger partial charge in [0.15, 0.2) is 6.61 Å². The van der Waals surface area contributed by atoms with Crippen LogP contribution in [0.2, 0.25) is 10.0 Å². The summed E-state index contributed by atoms with van der Waals surface area (Å²) in [6.07, 6.45) is 1.48. The summed E-state index contributed by atoms with van der Waals surface area (Å²) in [5.41, 5.74) is 3.11. The molecule has 0 bridgehead atoms. The largest absolute Gasteiger partial charge is 0.495 e. The molecule has 5 nitrogen and oxygen atoms in total. The summed E-state index contributed by atoms with van der Waals surface area (Å²) < 4.78 is 11.2. The predicted molar refractivity (Wildman–Crippen MR) is 98.4 cm³/mol. The fourth-order valence-electron chi connectivity index (χ4n) is 1.70. The summed E-state index contributed by atoms with van der Waals surface area (Å²) in [6, 6.07) is 10.2. The summed E-state index contributed by atoms with van der Waals surface area (Å²) >= 11 is 15.1. The van der Waals surface area contributed by atoms with Gasteiger partial charge in [0.2, 0.25) is 0 Å². The molecule has 2 aromatic carbocycles. The van der Waals surface area contributed by atoms with Gasteiger partial charge >= 0.3 is 0 Å². The van der Waals surface area contributed by atoms with Gasteiger partial charge in [0.1, 0.15) is 11.5 Å². The van der Waals surface area contributed by atoms with Crippen LogP contribution in [0.1, 0.15) is 5.56 Å². The standard InChI is InChI=1S/C16H13BrCl2N2O3/c1-23-15-6-10(2-4-13(15)19)8-20-21-16(22)9-24-14-5-3-11(18)7-12(14)17/h2-8H,9H2,1H3,(H,21,22). The van der Waals surface area contributed by atoms with Gasteiger partial charge in [0, 0.05) is 5.02 Å². The van der Waals surface area contributed by atoms with Gasteiger partial charge in [-0.1, -0.05) is 29.3 Å². The summed E-state index contributed by atoms with van der Waals surface area (Å²) in [5.74, 6) is 0.651. The average Bonchev–Trinajstić information content (AvgIpc) is 2.55. The summed E-state index contributed by atoms with van der Waals surface area (Å²) in [7, 11) is 1.52. The number of hydrazone groups is 1. The van der Waals surface area contributed by atoms with Crippen molar-refractivity contribution in [3.05, 3.63) is 56.5 Å². The Labute approximate surface area is 157 Å². The smallest absolute Gasteiger partial charge is 0.277 e. The second-order valence-electron chi connectivity index (χ2n) is 4.55.